The fourth-order valence-electron chi connectivity index (χ4n) is 11.8. The van der Waals surface area contributed by atoms with Crippen LogP contribution in [0.4, 0.5) is 11.6 Å². The summed E-state index contributed by atoms with van der Waals surface area (Å²) in [4.78, 5) is 8.52. The van der Waals surface area contributed by atoms with Crippen molar-refractivity contribution in [1.29, 1.82) is 0 Å². The number of hydrogen-bond donors (Lipinski definition) is 0. The molecule has 539 valence electrons. The van der Waals surface area contributed by atoms with Crippen LogP contribution in [0.2, 0.25) is 0 Å². The van der Waals surface area contributed by atoms with Gasteiger partial charge in [-0.05, 0) is 113 Å². The maximum absolute atomic E-state index is 4.91. The van der Waals surface area contributed by atoms with Crippen LogP contribution in [-0.4, -0.2) is 82.1 Å². The molecule has 9 aromatic carbocycles. The zero-order valence-electron chi connectivity index (χ0n) is 59.9. The summed E-state index contributed by atoms with van der Waals surface area (Å²) >= 11 is 0. The maximum Gasteiger partial charge on any atom is 0.155 e. The Morgan fingerprint density at radius 1 is 0.288 bits per heavy atom. The van der Waals surface area contributed by atoms with Gasteiger partial charge < -0.3 is 9.80 Å². The summed E-state index contributed by atoms with van der Waals surface area (Å²) in [6.45, 7) is 16.6. The average Bonchev–Trinajstić information content (AvgIpc) is 1.65. The van der Waals surface area contributed by atoms with E-state index in [9.17, 15) is 0 Å². The molecule has 6 aromatic heterocycles. The second kappa shape index (κ2) is 40.3. The molecule has 13 nitrogen and oxygen atoms in total. The Labute approximate surface area is 680 Å². The SMILES string of the molecule is Cc1c(-c2ccccc2)c(-c2ccccc2)nn1-c1[c-]cccc1.Cc1c(-c2ccccc2)nn(-c2[c-]cccc2)c1C.Cc1c(N(C)C)nn(-c2[c-]cccc2)c1N(C)C.Cc1nn(-c2[c-]cccc2)c(-c2ccccc2)c1C.Cc1nn(-c2[c-]cccc2)c(C)c1-c1ccccn1.[Ir].[Ir].[Ir].[Ir].[Ir]. The number of nitrogens with zero attached hydrogens (tertiary/aromatic N) is 13. The number of aryl methyl sites for hydroxylation is 2. The van der Waals surface area contributed by atoms with Gasteiger partial charge in [0, 0.05) is 185 Å². The van der Waals surface area contributed by atoms with Crippen molar-refractivity contribution in [3.8, 4) is 84.6 Å². The van der Waals surface area contributed by atoms with E-state index in [2.05, 4.69) is 170 Å². The minimum atomic E-state index is 0. The minimum Gasteiger partial charge on any atom is -0.362 e. The van der Waals surface area contributed by atoms with Crippen LogP contribution in [-0.2, 0) is 101 Å². The molecule has 0 N–H and O–H groups in total. The van der Waals surface area contributed by atoms with Crippen LogP contribution in [0.5, 0.6) is 0 Å². The first-order valence-corrected chi connectivity index (χ1v) is 32.9. The molecule has 0 saturated carbocycles. The Kier molecular flexibility index (Phi) is 32.6. The van der Waals surface area contributed by atoms with Gasteiger partial charge in [0.1, 0.15) is 11.5 Å². The predicted octanol–water partition coefficient (Wildman–Crippen LogP) is 18.7. The van der Waals surface area contributed by atoms with Crippen molar-refractivity contribution in [3.05, 3.63) is 343 Å². The Hall–Kier alpha value is -8.97. The number of rotatable bonds is 12. The fraction of sp³-hybridized carbons (Fsp3) is 0.140. The molecular weight excluding hydrogens is 2180 g/mol. The van der Waals surface area contributed by atoms with Crippen molar-refractivity contribution in [2.45, 2.75) is 55.4 Å². The average molecular weight is 2260 g/mol. The van der Waals surface area contributed by atoms with Gasteiger partial charge in [0.05, 0.1) is 28.5 Å². The van der Waals surface area contributed by atoms with Crippen LogP contribution in [0.1, 0.15) is 45.2 Å². The standard InChI is InChI=1S/C22H17N2.2C17H15N2.C16H14N3.C14H19N4.5Ir/c1-17-21(18-11-5-2-6-12-18)22(19-13-7-3-8-14-19)23-24(17)20-15-9-4-10-16-20;1-13-14(2)19(16-11-7-4-8-12-16)18-17(13)15-9-5-3-6-10-15;1-13-14(2)18-19(16-11-7-4-8-12-16)17(13)15-9-5-3-6-10-15;1-12-16(15-10-6-7-11-17-15)13(2)19(18-12)14-8-4-3-5-9-14;1-11-13(16(2)3)15-18(14(11)17(4)5)12-9-7-6-8-10-12;;;;;/h2-15H,1H3;2*3-11H,1-2H3;3-8,10-11H,1-2H3;6-9H,1-5H3;;;;;/q5*-1;;;;;. The summed E-state index contributed by atoms with van der Waals surface area (Å²) in [6, 6.07) is 103. The fourth-order valence-corrected chi connectivity index (χ4v) is 11.8. The molecule has 104 heavy (non-hydrogen) atoms. The summed E-state index contributed by atoms with van der Waals surface area (Å²) in [7, 11) is 8.08. The quantitative estimate of drug-likeness (QED) is 0.111. The van der Waals surface area contributed by atoms with Gasteiger partial charge in [0.15, 0.2) is 5.82 Å². The molecular formula is C86H80Ir5N13-5. The van der Waals surface area contributed by atoms with E-state index in [4.69, 9.17) is 10.2 Å². The molecule has 15 aromatic rings. The second-order valence-electron chi connectivity index (χ2n) is 24.0. The minimum absolute atomic E-state index is 0. The van der Waals surface area contributed by atoms with Gasteiger partial charge in [-0.1, -0.05) is 127 Å². The van der Waals surface area contributed by atoms with E-state index in [1.54, 1.807) is 6.20 Å². The van der Waals surface area contributed by atoms with Crippen LogP contribution in [0.3, 0.4) is 0 Å². The van der Waals surface area contributed by atoms with E-state index in [1.165, 1.54) is 33.4 Å². The Morgan fingerprint density at radius 2 is 0.654 bits per heavy atom. The van der Waals surface area contributed by atoms with Crippen LogP contribution in [0.25, 0.3) is 84.6 Å². The first-order chi connectivity index (χ1) is 48.2. The largest absolute Gasteiger partial charge is 0.362 e. The van der Waals surface area contributed by atoms with Crippen molar-refractivity contribution < 1.29 is 101 Å². The number of benzene rings is 9. The summed E-state index contributed by atoms with van der Waals surface area (Å²) in [5.74, 6) is 2.07. The number of para-hydroxylation sites is 5. The Balaban J connectivity index is 0.000000202. The molecule has 0 fully saturated rings. The van der Waals surface area contributed by atoms with Gasteiger partial charge in [-0.25, -0.2) is 4.68 Å². The molecule has 0 spiro atoms. The second-order valence-corrected chi connectivity index (χ2v) is 24.0. The Bertz CT molecular complexity index is 4900. The summed E-state index contributed by atoms with van der Waals surface area (Å²) in [5.41, 5.74) is 24.8. The third kappa shape index (κ3) is 19.9. The molecule has 6 heterocycles. The summed E-state index contributed by atoms with van der Waals surface area (Å²) < 4.78 is 9.76. The van der Waals surface area contributed by atoms with Crippen LogP contribution in [0.15, 0.2) is 267 Å². The maximum atomic E-state index is 4.91. The molecule has 0 aliphatic rings. The molecule has 5 radical (unpaired) electrons. The third-order valence-corrected chi connectivity index (χ3v) is 16.8. The van der Waals surface area contributed by atoms with Crippen molar-refractivity contribution in [1.82, 2.24) is 53.9 Å². The predicted molar refractivity (Wildman–Crippen MR) is 404 cm³/mol. The van der Waals surface area contributed by atoms with E-state index >= 15 is 0 Å². The first kappa shape index (κ1) is 84.0. The van der Waals surface area contributed by atoms with E-state index in [0.29, 0.717) is 0 Å². The van der Waals surface area contributed by atoms with E-state index in [-0.39, 0.29) is 101 Å². The molecule has 18 heteroatoms. The zero-order valence-corrected chi connectivity index (χ0v) is 71.9. The Morgan fingerprint density at radius 3 is 1.08 bits per heavy atom. The molecule has 0 unspecified atom stereocenters. The molecule has 0 bridgehead atoms. The van der Waals surface area contributed by atoms with Crippen molar-refractivity contribution >= 4 is 11.6 Å². The first-order valence-electron chi connectivity index (χ1n) is 32.9. The van der Waals surface area contributed by atoms with Crippen LogP contribution >= 0.6 is 0 Å². The topological polar surface area (TPSA) is 108 Å². The van der Waals surface area contributed by atoms with Gasteiger partial charge in [0.2, 0.25) is 0 Å². The summed E-state index contributed by atoms with van der Waals surface area (Å²) in [5, 5.41) is 23.6. The van der Waals surface area contributed by atoms with Gasteiger partial charge >= 0.3 is 0 Å². The summed E-state index contributed by atoms with van der Waals surface area (Å²) in [6.07, 6.45) is 1.81. The molecule has 0 aliphatic heterocycles. The number of anilines is 2. The smallest absolute Gasteiger partial charge is 0.155 e. The monoisotopic (exact) mass is 2260 g/mol. The normalized spacial score (nSPS) is 10.1. The van der Waals surface area contributed by atoms with E-state index < -0.39 is 0 Å². The van der Waals surface area contributed by atoms with Crippen LogP contribution in [0, 0.1) is 85.7 Å². The van der Waals surface area contributed by atoms with Crippen molar-refractivity contribution in [3.63, 3.8) is 0 Å². The number of pyridine rings is 1. The third-order valence-electron chi connectivity index (χ3n) is 16.8. The zero-order chi connectivity index (χ0) is 69.4. The molecule has 0 aliphatic carbocycles. The van der Waals surface area contributed by atoms with Crippen molar-refractivity contribution in [2.24, 2.45) is 0 Å². The molecule has 0 amide bonds. The van der Waals surface area contributed by atoms with Gasteiger partial charge in [-0.2, -0.15) is 147 Å². The number of hydrogen-bond acceptors (Lipinski definition) is 8. The van der Waals surface area contributed by atoms with Crippen LogP contribution < -0.4 is 9.80 Å². The van der Waals surface area contributed by atoms with E-state index in [1.807, 2.05) is 258 Å². The van der Waals surface area contributed by atoms with Gasteiger partial charge in [-0.15, -0.1) is 30.3 Å². The number of aromatic nitrogens is 11. The molecule has 15 rings (SSSR count). The van der Waals surface area contributed by atoms with Crippen molar-refractivity contribution in [2.75, 3.05) is 38.0 Å². The van der Waals surface area contributed by atoms with Gasteiger partial charge in [-0.3, -0.25) is 23.7 Å². The van der Waals surface area contributed by atoms with E-state index in [0.717, 1.165) is 108 Å². The van der Waals surface area contributed by atoms with Gasteiger partial charge in [0.25, 0.3) is 0 Å². The molecule has 0 atom stereocenters. The molecule has 0 saturated heterocycles.